The van der Waals surface area contributed by atoms with Gasteiger partial charge >= 0.3 is 5.97 Å². The molecule has 0 bridgehead atoms. The lowest BCUT2D eigenvalue weighted by atomic mass is 10.3. The molecule has 1 atom stereocenters. The van der Waals surface area contributed by atoms with E-state index in [4.69, 9.17) is 0 Å². The van der Waals surface area contributed by atoms with Crippen molar-refractivity contribution in [2.24, 2.45) is 0 Å². The maximum absolute atomic E-state index is 11.3. The van der Waals surface area contributed by atoms with Gasteiger partial charge in [0.2, 0.25) is 0 Å². The Labute approximate surface area is 109 Å². The molecular formula is C11H14N2O4S. The number of non-ortho nitro benzene ring substituents is 1. The summed E-state index contributed by atoms with van der Waals surface area (Å²) in [6.07, 6.45) is 0. The second-order valence-electron chi connectivity index (χ2n) is 3.43. The molecule has 0 spiro atoms. The largest absolute Gasteiger partial charge is 0.468 e. The zero-order chi connectivity index (χ0) is 13.5. The van der Waals surface area contributed by atoms with Gasteiger partial charge in [0.15, 0.2) is 0 Å². The lowest BCUT2D eigenvalue weighted by Crippen LogP contribution is -2.37. The van der Waals surface area contributed by atoms with Gasteiger partial charge in [0, 0.05) is 22.8 Å². The molecule has 1 unspecified atom stereocenters. The van der Waals surface area contributed by atoms with E-state index in [2.05, 4.69) is 10.1 Å². The second-order valence-corrected chi connectivity index (χ2v) is 4.52. The van der Waals surface area contributed by atoms with Gasteiger partial charge in [-0.05, 0) is 19.2 Å². The smallest absolute Gasteiger partial charge is 0.323 e. The number of methoxy groups -OCH3 is 1. The van der Waals surface area contributed by atoms with Gasteiger partial charge in [0.25, 0.3) is 5.69 Å². The summed E-state index contributed by atoms with van der Waals surface area (Å²) in [6, 6.07) is 5.80. The van der Waals surface area contributed by atoms with E-state index in [1.807, 2.05) is 0 Å². The molecule has 18 heavy (non-hydrogen) atoms. The molecule has 7 heteroatoms. The molecule has 0 aliphatic heterocycles. The Hall–Kier alpha value is -1.60. The third-order valence-corrected chi connectivity index (χ3v) is 3.40. The number of carbonyl (C=O) groups is 1. The highest BCUT2D eigenvalue weighted by Gasteiger charge is 2.17. The molecule has 6 nitrogen and oxygen atoms in total. The van der Waals surface area contributed by atoms with Crippen LogP contribution in [0.3, 0.4) is 0 Å². The first kappa shape index (κ1) is 14.5. The van der Waals surface area contributed by atoms with Gasteiger partial charge in [-0.1, -0.05) is 0 Å². The fraction of sp³-hybridized carbons (Fsp3) is 0.364. The minimum absolute atomic E-state index is 0.0532. The number of ether oxygens (including phenoxy) is 1. The van der Waals surface area contributed by atoms with Crippen LogP contribution in [0.1, 0.15) is 0 Å². The van der Waals surface area contributed by atoms with Crippen LogP contribution in [-0.2, 0) is 9.53 Å². The predicted octanol–water partition coefficient (Wildman–Crippen LogP) is 1.45. The Bertz CT molecular complexity index is 422. The first-order valence-electron chi connectivity index (χ1n) is 5.21. The first-order chi connectivity index (χ1) is 8.58. The number of hydrogen-bond acceptors (Lipinski definition) is 6. The monoisotopic (exact) mass is 270 g/mol. The maximum atomic E-state index is 11.3. The summed E-state index contributed by atoms with van der Waals surface area (Å²) in [5, 5.41) is 13.3. The summed E-state index contributed by atoms with van der Waals surface area (Å²) < 4.78 is 4.64. The highest BCUT2D eigenvalue weighted by atomic mass is 32.2. The average Bonchev–Trinajstić information content (AvgIpc) is 2.39. The number of nitro benzene ring substituents is 1. The van der Waals surface area contributed by atoms with Crippen LogP contribution in [0.15, 0.2) is 29.2 Å². The van der Waals surface area contributed by atoms with Gasteiger partial charge in [0.1, 0.15) is 6.04 Å². The third-order valence-electron chi connectivity index (χ3n) is 2.30. The molecule has 0 amide bonds. The summed E-state index contributed by atoms with van der Waals surface area (Å²) in [6.45, 7) is 0. The number of hydrogen-bond donors (Lipinski definition) is 1. The van der Waals surface area contributed by atoms with Crippen molar-refractivity contribution in [3.63, 3.8) is 0 Å². The van der Waals surface area contributed by atoms with Gasteiger partial charge in [-0.3, -0.25) is 14.9 Å². The number of esters is 1. The lowest BCUT2D eigenvalue weighted by molar-refractivity contribution is -0.384. The molecule has 0 saturated carbocycles. The Kier molecular flexibility index (Phi) is 5.60. The SMILES string of the molecule is CNC(CSc1ccc([N+](=O)[O-])cc1)C(=O)OC. The Morgan fingerprint density at radius 1 is 1.50 bits per heavy atom. The normalized spacial score (nSPS) is 11.9. The van der Waals surface area contributed by atoms with E-state index >= 15 is 0 Å². The second kappa shape index (κ2) is 6.97. The average molecular weight is 270 g/mol. The minimum atomic E-state index is -0.445. The number of nitrogens with one attached hydrogen (secondary N) is 1. The van der Waals surface area contributed by atoms with Crippen LogP contribution in [0.25, 0.3) is 0 Å². The van der Waals surface area contributed by atoms with Gasteiger partial charge in [-0.25, -0.2) is 0 Å². The van der Waals surface area contributed by atoms with Crippen LogP contribution in [0.5, 0.6) is 0 Å². The fourth-order valence-electron chi connectivity index (χ4n) is 1.26. The number of rotatable bonds is 6. The van der Waals surface area contributed by atoms with Crippen LogP contribution < -0.4 is 5.32 Å². The maximum Gasteiger partial charge on any atom is 0.323 e. The van der Waals surface area contributed by atoms with Gasteiger partial charge in [0.05, 0.1) is 12.0 Å². The zero-order valence-corrected chi connectivity index (χ0v) is 10.9. The topological polar surface area (TPSA) is 81.5 Å². The Morgan fingerprint density at radius 2 is 2.11 bits per heavy atom. The highest BCUT2D eigenvalue weighted by molar-refractivity contribution is 7.99. The predicted molar refractivity (Wildman–Crippen MR) is 68.7 cm³/mol. The van der Waals surface area contributed by atoms with E-state index < -0.39 is 11.0 Å². The molecule has 1 aromatic rings. The molecule has 0 fully saturated rings. The van der Waals surface area contributed by atoms with E-state index in [1.54, 1.807) is 19.2 Å². The summed E-state index contributed by atoms with van der Waals surface area (Å²) in [5.41, 5.74) is 0.0532. The van der Waals surface area contributed by atoms with E-state index in [0.717, 1.165) is 4.90 Å². The third kappa shape index (κ3) is 4.01. The molecule has 0 saturated heterocycles. The van der Waals surface area contributed by atoms with Gasteiger partial charge in [-0.2, -0.15) is 0 Å². The first-order valence-corrected chi connectivity index (χ1v) is 6.19. The highest BCUT2D eigenvalue weighted by Crippen LogP contribution is 2.22. The number of carbonyl (C=O) groups excluding carboxylic acids is 1. The number of benzene rings is 1. The molecule has 98 valence electrons. The Morgan fingerprint density at radius 3 is 2.56 bits per heavy atom. The van der Waals surface area contributed by atoms with Crippen molar-refractivity contribution in [1.29, 1.82) is 0 Å². The van der Waals surface area contributed by atoms with Crippen LogP contribution >= 0.6 is 11.8 Å². The van der Waals surface area contributed by atoms with Gasteiger partial charge in [-0.15, -0.1) is 11.8 Å². The van der Waals surface area contributed by atoms with E-state index in [9.17, 15) is 14.9 Å². The fourth-order valence-corrected chi connectivity index (χ4v) is 2.25. The summed E-state index contributed by atoms with van der Waals surface area (Å²) >= 11 is 1.43. The van der Waals surface area contributed by atoms with Crippen molar-refractivity contribution in [3.05, 3.63) is 34.4 Å². The summed E-state index contributed by atoms with van der Waals surface area (Å²) in [7, 11) is 3.02. The molecule has 1 rings (SSSR count). The van der Waals surface area contributed by atoms with E-state index in [0.29, 0.717) is 5.75 Å². The number of likely N-dealkylation sites (N-methyl/N-ethyl adjacent to an activating group) is 1. The van der Waals surface area contributed by atoms with Crippen molar-refractivity contribution in [3.8, 4) is 0 Å². The molecule has 0 aliphatic rings. The standard InChI is InChI=1S/C11H14N2O4S/c1-12-10(11(14)17-2)7-18-9-5-3-8(4-6-9)13(15)16/h3-6,10,12H,7H2,1-2H3. The summed E-state index contributed by atoms with van der Waals surface area (Å²) in [5.74, 6) is 0.174. The van der Waals surface area contributed by atoms with Crippen molar-refractivity contribution < 1.29 is 14.5 Å². The number of nitrogens with zero attached hydrogens (tertiary/aromatic N) is 1. The van der Waals surface area contributed by atoms with Crippen molar-refractivity contribution in [2.75, 3.05) is 19.9 Å². The number of nitro groups is 1. The molecule has 0 aromatic heterocycles. The minimum Gasteiger partial charge on any atom is -0.468 e. The van der Waals surface area contributed by atoms with Crippen LogP contribution in [0.4, 0.5) is 5.69 Å². The van der Waals surface area contributed by atoms with Crippen molar-refractivity contribution >= 4 is 23.4 Å². The molecule has 1 N–H and O–H groups in total. The zero-order valence-electron chi connectivity index (χ0n) is 10.1. The van der Waals surface area contributed by atoms with Crippen molar-refractivity contribution in [2.45, 2.75) is 10.9 Å². The number of thioether (sulfide) groups is 1. The summed E-state index contributed by atoms with van der Waals surface area (Å²) in [4.78, 5) is 22.2. The van der Waals surface area contributed by atoms with Crippen LogP contribution in [0.2, 0.25) is 0 Å². The van der Waals surface area contributed by atoms with Crippen LogP contribution in [-0.4, -0.2) is 36.8 Å². The lowest BCUT2D eigenvalue weighted by Gasteiger charge is -2.12. The molecule has 0 heterocycles. The molecular weight excluding hydrogens is 256 g/mol. The van der Waals surface area contributed by atoms with Gasteiger partial charge < -0.3 is 10.1 Å². The molecule has 0 aliphatic carbocycles. The van der Waals surface area contributed by atoms with Crippen LogP contribution in [0, 0.1) is 10.1 Å². The van der Waals surface area contributed by atoms with Crippen molar-refractivity contribution in [1.82, 2.24) is 5.32 Å². The Balaban J connectivity index is 2.57. The van der Waals surface area contributed by atoms with E-state index in [-0.39, 0.29) is 11.7 Å². The molecule has 0 radical (unpaired) electrons. The molecule has 1 aromatic carbocycles. The van der Waals surface area contributed by atoms with E-state index in [1.165, 1.54) is 31.0 Å². The quantitative estimate of drug-likeness (QED) is 0.364.